The molecule has 0 aliphatic carbocycles. The zero-order valence-corrected chi connectivity index (χ0v) is 11.7. The quantitative estimate of drug-likeness (QED) is 0.822. The molecule has 2 nitrogen and oxygen atoms in total. The van der Waals surface area contributed by atoms with Gasteiger partial charge in [0, 0.05) is 12.0 Å². The van der Waals surface area contributed by atoms with E-state index >= 15 is 0 Å². The lowest BCUT2D eigenvalue weighted by Crippen LogP contribution is -2.37. The summed E-state index contributed by atoms with van der Waals surface area (Å²) in [5.74, 6) is -0.105. The van der Waals surface area contributed by atoms with Crippen LogP contribution < -0.4 is 5.32 Å². The fourth-order valence-corrected chi connectivity index (χ4v) is 1.73. The number of nitrogens with one attached hydrogen (secondary N) is 1. The van der Waals surface area contributed by atoms with Gasteiger partial charge in [0.25, 0.3) is 0 Å². The van der Waals surface area contributed by atoms with Gasteiger partial charge in [-0.25, -0.2) is 0 Å². The minimum Gasteiger partial charge on any atom is -0.354 e. The van der Waals surface area contributed by atoms with Gasteiger partial charge >= 0.3 is 0 Å². The maximum Gasteiger partial charge on any atom is 0.234 e. The van der Waals surface area contributed by atoms with Gasteiger partial charge in [-0.15, -0.1) is 11.6 Å². The number of benzene rings is 1. The van der Waals surface area contributed by atoms with Gasteiger partial charge < -0.3 is 5.32 Å². The Kier molecular flexibility index (Phi) is 4.58. The smallest absolute Gasteiger partial charge is 0.234 e. The third kappa shape index (κ3) is 3.74. The van der Waals surface area contributed by atoms with E-state index in [1.165, 1.54) is 16.7 Å². The molecule has 0 saturated heterocycles. The second kappa shape index (κ2) is 5.54. The highest BCUT2D eigenvalue weighted by atomic mass is 35.5. The molecule has 0 radical (unpaired) electrons. The number of halogens is 1. The van der Waals surface area contributed by atoms with Gasteiger partial charge in [-0.2, -0.15) is 0 Å². The summed E-state index contributed by atoms with van der Waals surface area (Å²) in [6.07, 6.45) is 0. The summed E-state index contributed by atoms with van der Waals surface area (Å²) in [5.41, 5.74) is 3.71. The predicted molar refractivity (Wildman–Crippen MR) is 72.7 cm³/mol. The van der Waals surface area contributed by atoms with Gasteiger partial charge in [0.15, 0.2) is 0 Å². The van der Waals surface area contributed by atoms with Crippen molar-refractivity contribution in [1.82, 2.24) is 5.32 Å². The first-order chi connectivity index (χ1) is 7.86. The van der Waals surface area contributed by atoms with Crippen LogP contribution in [0.3, 0.4) is 0 Å². The van der Waals surface area contributed by atoms with E-state index < -0.39 is 0 Å². The summed E-state index contributed by atoms with van der Waals surface area (Å²) in [4.78, 5) is 11.2. The second-order valence-corrected chi connectivity index (χ2v) is 5.36. The minimum absolute atomic E-state index is 0.0169. The normalized spacial score (nSPS) is 11.4. The van der Waals surface area contributed by atoms with Gasteiger partial charge in [0.1, 0.15) is 5.88 Å². The number of carbonyl (C=O) groups excluding carboxylic acids is 1. The number of hydrogen-bond acceptors (Lipinski definition) is 1. The Bertz CT molecular complexity index is 413. The maximum atomic E-state index is 11.2. The van der Waals surface area contributed by atoms with E-state index in [4.69, 9.17) is 11.6 Å². The molecule has 0 saturated carbocycles. The first-order valence-corrected chi connectivity index (χ1v) is 6.30. The van der Waals surface area contributed by atoms with Crippen LogP contribution in [0.1, 0.15) is 30.5 Å². The lowest BCUT2D eigenvalue weighted by molar-refractivity contribution is -0.118. The van der Waals surface area contributed by atoms with E-state index in [9.17, 15) is 4.79 Å². The van der Waals surface area contributed by atoms with Crippen molar-refractivity contribution in [1.29, 1.82) is 0 Å². The SMILES string of the molecule is Cc1ccc(C(C)(C)CNC(=O)CCl)cc1C. The Morgan fingerprint density at radius 3 is 2.47 bits per heavy atom. The summed E-state index contributed by atoms with van der Waals surface area (Å²) >= 11 is 5.46. The molecule has 1 amide bonds. The molecule has 0 bridgehead atoms. The number of amides is 1. The first kappa shape index (κ1) is 14.0. The molecule has 0 aliphatic rings. The average molecular weight is 254 g/mol. The number of rotatable bonds is 4. The molecule has 1 rings (SSSR count). The molecule has 1 aromatic rings. The van der Waals surface area contributed by atoms with E-state index in [0.717, 1.165) is 0 Å². The molecular weight excluding hydrogens is 234 g/mol. The summed E-state index contributed by atoms with van der Waals surface area (Å²) in [7, 11) is 0. The first-order valence-electron chi connectivity index (χ1n) is 5.77. The zero-order chi connectivity index (χ0) is 13.1. The Morgan fingerprint density at radius 2 is 1.94 bits per heavy atom. The highest BCUT2D eigenvalue weighted by Gasteiger charge is 2.21. The Hall–Kier alpha value is -1.02. The van der Waals surface area contributed by atoms with E-state index in [1.807, 2.05) is 0 Å². The Morgan fingerprint density at radius 1 is 1.29 bits per heavy atom. The highest BCUT2D eigenvalue weighted by molar-refractivity contribution is 6.27. The zero-order valence-electron chi connectivity index (χ0n) is 10.9. The molecule has 0 atom stereocenters. The van der Waals surface area contributed by atoms with Crippen molar-refractivity contribution in [3.8, 4) is 0 Å². The predicted octanol–water partition coefficient (Wildman–Crippen LogP) is 2.94. The molecule has 94 valence electrons. The van der Waals surface area contributed by atoms with E-state index in [-0.39, 0.29) is 17.2 Å². The third-order valence-corrected chi connectivity index (χ3v) is 3.38. The molecule has 17 heavy (non-hydrogen) atoms. The molecular formula is C14H20ClNO. The standard InChI is InChI=1S/C14H20ClNO/c1-10-5-6-12(7-11(10)2)14(3,4)9-16-13(17)8-15/h5-7H,8-9H2,1-4H3,(H,16,17). The fraction of sp³-hybridized carbons (Fsp3) is 0.500. The van der Waals surface area contributed by atoms with Crippen molar-refractivity contribution in [3.05, 3.63) is 34.9 Å². The lowest BCUT2D eigenvalue weighted by Gasteiger charge is -2.26. The molecule has 0 aromatic heterocycles. The van der Waals surface area contributed by atoms with E-state index in [2.05, 4.69) is 51.2 Å². The molecule has 0 spiro atoms. The molecule has 0 heterocycles. The largest absolute Gasteiger partial charge is 0.354 e. The van der Waals surface area contributed by atoms with Crippen molar-refractivity contribution in [2.45, 2.75) is 33.1 Å². The van der Waals surface area contributed by atoms with Crippen LogP contribution in [0.25, 0.3) is 0 Å². The highest BCUT2D eigenvalue weighted by Crippen LogP contribution is 2.24. The summed E-state index contributed by atoms with van der Waals surface area (Å²) in [6.45, 7) is 9.03. The molecule has 0 aliphatic heterocycles. The van der Waals surface area contributed by atoms with Gasteiger partial charge in [-0.3, -0.25) is 4.79 Å². The molecule has 3 heteroatoms. The Balaban J connectivity index is 2.81. The topological polar surface area (TPSA) is 29.1 Å². The lowest BCUT2D eigenvalue weighted by atomic mass is 9.83. The van der Waals surface area contributed by atoms with Crippen LogP contribution in [0.2, 0.25) is 0 Å². The van der Waals surface area contributed by atoms with Crippen molar-refractivity contribution in [2.24, 2.45) is 0 Å². The summed E-state index contributed by atoms with van der Waals surface area (Å²) in [5, 5.41) is 2.83. The van der Waals surface area contributed by atoms with E-state index in [1.54, 1.807) is 0 Å². The monoisotopic (exact) mass is 253 g/mol. The molecule has 0 fully saturated rings. The number of carbonyl (C=O) groups is 1. The van der Waals surface area contributed by atoms with Crippen LogP contribution >= 0.6 is 11.6 Å². The molecule has 1 N–H and O–H groups in total. The van der Waals surface area contributed by atoms with E-state index in [0.29, 0.717) is 6.54 Å². The Labute approximate surface area is 108 Å². The van der Waals surface area contributed by atoms with Crippen LogP contribution in [-0.4, -0.2) is 18.3 Å². The van der Waals surface area contributed by atoms with Crippen LogP contribution in [0.4, 0.5) is 0 Å². The van der Waals surface area contributed by atoms with Crippen molar-refractivity contribution in [3.63, 3.8) is 0 Å². The van der Waals surface area contributed by atoms with Crippen molar-refractivity contribution in [2.75, 3.05) is 12.4 Å². The fourth-order valence-electron chi connectivity index (χ4n) is 1.63. The van der Waals surface area contributed by atoms with Gasteiger partial charge in [0.05, 0.1) is 0 Å². The number of hydrogen-bond donors (Lipinski definition) is 1. The summed E-state index contributed by atoms with van der Waals surface area (Å²) < 4.78 is 0. The van der Waals surface area contributed by atoms with Gasteiger partial charge in [-0.05, 0) is 30.5 Å². The average Bonchev–Trinajstić information content (AvgIpc) is 2.29. The maximum absolute atomic E-state index is 11.2. The number of alkyl halides is 1. The molecule has 1 aromatic carbocycles. The van der Waals surface area contributed by atoms with Crippen LogP contribution in [-0.2, 0) is 10.2 Å². The van der Waals surface area contributed by atoms with Crippen LogP contribution in [0, 0.1) is 13.8 Å². The summed E-state index contributed by atoms with van der Waals surface area (Å²) in [6, 6.07) is 6.42. The van der Waals surface area contributed by atoms with Crippen molar-refractivity contribution >= 4 is 17.5 Å². The van der Waals surface area contributed by atoms with Crippen molar-refractivity contribution < 1.29 is 4.79 Å². The van der Waals surface area contributed by atoms with Crippen LogP contribution in [0.15, 0.2) is 18.2 Å². The molecule has 0 unspecified atom stereocenters. The number of aryl methyl sites for hydroxylation is 2. The van der Waals surface area contributed by atoms with Gasteiger partial charge in [0.2, 0.25) is 5.91 Å². The third-order valence-electron chi connectivity index (χ3n) is 3.14. The second-order valence-electron chi connectivity index (χ2n) is 5.09. The van der Waals surface area contributed by atoms with Gasteiger partial charge in [-0.1, -0.05) is 32.0 Å². The minimum atomic E-state index is -0.122. The van der Waals surface area contributed by atoms with Crippen LogP contribution in [0.5, 0.6) is 0 Å².